The molecule has 0 radical (unpaired) electrons. The fourth-order valence-electron chi connectivity index (χ4n) is 2.22. The van der Waals surface area contributed by atoms with Crippen LogP contribution in [0, 0.1) is 10.1 Å². The Morgan fingerprint density at radius 3 is 2.24 bits per heavy atom. The minimum Gasteiger partial charge on any atom is -0.497 e. The van der Waals surface area contributed by atoms with Gasteiger partial charge in [-0.05, 0) is 29.8 Å². The van der Waals surface area contributed by atoms with Gasteiger partial charge in [0.1, 0.15) is 5.75 Å². The summed E-state index contributed by atoms with van der Waals surface area (Å²) in [6, 6.07) is 11.9. The molecule has 2 aromatic rings. The van der Waals surface area contributed by atoms with E-state index < -0.39 is 14.9 Å². The molecule has 0 amide bonds. The molecular weight excluding hydrogens is 344 g/mol. The molecule has 0 saturated heterocycles. The summed E-state index contributed by atoms with van der Waals surface area (Å²) < 4.78 is 32.0. The molecule has 2 rings (SSSR count). The zero-order valence-electron chi connectivity index (χ0n) is 13.7. The van der Waals surface area contributed by atoms with Crippen LogP contribution in [-0.2, 0) is 16.6 Å². The average Bonchev–Trinajstić information content (AvgIpc) is 2.61. The molecule has 0 atom stereocenters. The maximum Gasteiger partial charge on any atom is 0.269 e. The van der Waals surface area contributed by atoms with Crippen molar-refractivity contribution in [2.75, 3.05) is 13.7 Å². The summed E-state index contributed by atoms with van der Waals surface area (Å²) in [4.78, 5) is 10.3. The molecule has 25 heavy (non-hydrogen) atoms. The van der Waals surface area contributed by atoms with Crippen LogP contribution in [0.5, 0.6) is 5.75 Å². The van der Waals surface area contributed by atoms with Crippen LogP contribution in [0.15, 0.2) is 66.1 Å². The Balaban J connectivity index is 2.28. The largest absolute Gasteiger partial charge is 0.497 e. The normalized spacial score (nSPS) is 11.3. The number of sulfonamides is 1. The molecular formula is C17H18N2O5S. The first-order valence-corrected chi connectivity index (χ1v) is 8.81. The Morgan fingerprint density at radius 1 is 1.16 bits per heavy atom. The molecule has 132 valence electrons. The fourth-order valence-corrected chi connectivity index (χ4v) is 3.61. The van der Waals surface area contributed by atoms with Crippen molar-refractivity contribution in [3.05, 3.63) is 76.9 Å². The Kier molecular flexibility index (Phi) is 5.89. The summed E-state index contributed by atoms with van der Waals surface area (Å²) in [6.07, 6.45) is 1.49. The van der Waals surface area contributed by atoms with Gasteiger partial charge in [-0.2, -0.15) is 4.31 Å². The van der Waals surface area contributed by atoms with Crippen LogP contribution >= 0.6 is 0 Å². The number of hydrogen-bond acceptors (Lipinski definition) is 5. The van der Waals surface area contributed by atoms with Crippen LogP contribution < -0.4 is 4.74 Å². The van der Waals surface area contributed by atoms with Gasteiger partial charge in [0.25, 0.3) is 5.69 Å². The highest BCUT2D eigenvalue weighted by molar-refractivity contribution is 7.89. The van der Waals surface area contributed by atoms with E-state index in [1.165, 1.54) is 53.9 Å². The topological polar surface area (TPSA) is 89.8 Å². The lowest BCUT2D eigenvalue weighted by molar-refractivity contribution is -0.384. The van der Waals surface area contributed by atoms with Gasteiger partial charge in [0.05, 0.1) is 16.9 Å². The minimum atomic E-state index is -3.74. The molecule has 2 aromatic carbocycles. The number of non-ortho nitro benzene ring substituents is 1. The van der Waals surface area contributed by atoms with E-state index in [1.54, 1.807) is 12.1 Å². The molecule has 8 heteroatoms. The first-order valence-electron chi connectivity index (χ1n) is 7.37. The molecule has 0 fully saturated rings. The number of rotatable bonds is 8. The minimum absolute atomic E-state index is 0.0444. The summed E-state index contributed by atoms with van der Waals surface area (Å²) in [7, 11) is -2.24. The zero-order valence-corrected chi connectivity index (χ0v) is 14.5. The van der Waals surface area contributed by atoms with Crippen molar-refractivity contribution in [3.63, 3.8) is 0 Å². The van der Waals surface area contributed by atoms with Gasteiger partial charge in [0.2, 0.25) is 10.0 Å². The van der Waals surface area contributed by atoms with Gasteiger partial charge in [-0.25, -0.2) is 8.42 Å². The molecule has 0 aromatic heterocycles. The van der Waals surface area contributed by atoms with E-state index in [0.717, 1.165) is 0 Å². The summed E-state index contributed by atoms with van der Waals surface area (Å²) in [5, 5.41) is 10.7. The SMILES string of the molecule is C=CCN(Cc1ccc([N+](=O)[O-])cc1)S(=O)(=O)c1ccc(OC)cc1. The lowest BCUT2D eigenvalue weighted by Crippen LogP contribution is -2.30. The molecule has 0 heterocycles. The highest BCUT2D eigenvalue weighted by Gasteiger charge is 2.24. The van der Waals surface area contributed by atoms with Gasteiger partial charge in [-0.1, -0.05) is 18.2 Å². The molecule has 0 bridgehead atoms. The second kappa shape index (κ2) is 7.91. The quantitative estimate of drug-likeness (QED) is 0.409. The van der Waals surface area contributed by atoms with Crippen molar-refractivity contribution >= 4 is 15.7 Å². The molecule has 0 spiro atoms. The van der Waals surface area contributed by atoms with Crippen molar-refractivity contribution in [2.24, 2.45) is 0 Å². The van der Waals surface area contributed by atoms with E-state index in [4.69, 9.17) is 4.74 Å². The number of nitro benzene ring substituents is 1. The molecule has 7 nitrogen and oxygen atoms in total. The smallest absolute Gasteiger partial charge is 0.269 e. The van der Waals surface area contributed by atoms with Gasteiger partial charge in [0, 0.05) is 25.2 Å². The van der Waals surface area contributed by atoms with Gasteiger partial charge in [0.15, 0.2) is 0 Å². The van der Waals surface area contributed by atoms with E-state index in [1.807, 2.05) is 0 Å². The number of ether oxygens (including phenoxy) is 1. The lowest BCUT2D eigenvalue weighted by Gasteiger charge is -2.21. The molecule has 0 N–H and O–H groups in total. The first-order chi connectivity index (χ1) is 11.9. The van der Waals surface area contributed by atoms with Crippen LogP contribution in [0.4, 0.5) is 5.69 Å². The van der Waals surface area contributed by atoms with Crippen molar-refractivity contribution in [1.29, 1.82) is 0 Å². The second-order valence-electron chi connectivity index (χ2n) is 5.19. The Labute approximate surface area is 146 Å². The standard InChI is InChI=1S/C17H18N2O5S/c1-3-12-18(13-14-4-6-15(7-5-14)19(20)21)25(22,23)17-10-8-16(24-2)9-11-17/h3-11H,1,12-13H2,2H3. The van der Waals surface area contributed by atoms with E-state index in [-0.39, 0.29) is 23.7 Å². The summed E-state index contributed by atoms with van der Waals surface area (Å²) in [6.45, 7) is 3.80. The van der Waals surface area contributed by atoms with E-state index in [9.17, 15) is 18.5 Å². The van der Waals surface area contributed by atoms with Crippen molar-refractivity contribution in [3.8, 4) is 5.75 Å². The lowest BCUT2D eigenvalue weighted by atomic mass is 10.2. The van der Waals surface area contributed by atoms with Crippen LogP contribution in [0.25, 0.3) is 0 Å². The van der Waals surface area contributed by atoms with Crippen molar-refractivity contribution in [1.82, 2.24) is 4.31 Å². The van der Waals surface area contributed by atoms with E-state index in [0.29, 0.717) is 11.3 Å². The molecule has 0 aliphatic rings. The third-order valence-electron chi connectivity index (χ3n) is 3.54. The predicted molar refractivity (Wildman–Crippen MR) is 93.9 cm³/mol. The Hall–Kier alpha value is -2.71. The zero-order chi connectivity index (χ0) is 18.4. The number of nitrogens with zero attached hydrogens (tertiary/aromatic N) is 2. The van der Waals surface area contributed by atoms with Crippen molar-refractivity contribution in [2.45, 2.75) is 11.4 Å². The number of benzene rings is 2. The van der Waals surface area contributed by atoms with Gasteiger partial charge < -0.3 is 4.74 Å². The molecule has 0 aliphatic heterocycles. The predicted octanol–water partition coefficient (Wildman–Crippen LogP) is 2.98. The highest BCUT2D eigenvalue weighted by Crippen LogP contribution is 2.22. The van der Waals surface area contributed by atoms with Gasteiger partial charge in [-0.15, -0.1) is 6.58 Å². The number of methoxy groups -OCH3 is 1. The third-order valence-corrected chi connectivity index (χ3v) is 5.36. The Bertz CT molecular complexity index is 846. The third kappa shape index (κ3) is 4.43. The summed E-state index contributed by atoms with van der Waals surface area (Å²) in [5.74, 6) is 0.560. The molecule has 0 saturated carbocycles. The highest BCUT2D eigenvalue weighted by atomic mass is 32.2. The van der Waals surface area contributed by atoms with Crippen molar-refractivity contribution < 1.29 is 18.1 Å². The number of hydrogen-bond donors (Lipinski definition) is 0. The second-order valence-corrected chi connectivity index (χ2v) is 7.12. The monoisotopic (exact) mass is 362 g/mol. The van der Waals surface area contributed by atoms with Crippen LogP contribution in [0.1, 0.15) is 5.56 Å². The summed E-state index contributed by atoms with van der Waals surface area (Å²) in [5.41, 5.74) is 0.599. The van der Waals surface area contributed by atoms with E-state index in [2.05, 4.69) is 6.58 Å². The van der Waals surface area contributed by atoms with Crippen LogP contribution in [0.3, 0.4) is 0 Å². The van der Waals surface area contributed by atoms with Gasteiger partial charge in [-0.3, -0.25) is 10.1 Å². The fraction of sp³-hybridized carbons (Fsp3) is 0.176. The first kappa shape index (κ1) is 18.6. The summed E-state index contributed by atoms with van der Waals surface area (Å²) >= 11 is 0. The average molecular weight is 362 g/mol. The maximum absolute atomic E-state index is 12.8. The van der Waals surface area contributed by atoms with E-state index >= 15 is 0 Å². The number of nitro groups is 1. The molecule has 0 aliphatic carbocycles. The van der Waals surface area contributed by atoms with Crippen LogP contribution in [-0.4, -0.2) is 31.3 Å². The molecule has 0 unspecified atom stereocenters. The van der Waals surface area contributed by atoms with Gasteiger partial charge >= 0.3 is 0 Å². The Morgan fingerprint density at radius 2 is 1.76 bits per heavy atom. The maximum atomic E-state index is 12.8. The van der Waals surface area contributed by atoms with Crippen LogP contribution in [0.2, 0.25) is 0 Å².